The first-order valence-electron chi connectivity index (χ1n) is 8.72. The third-order valence-corrected chi connectivity index (χ3v) is 4.62. The van der Waals surface area contributed by atoms with Gasteiger partial charge in [0.15, 0.2) is 0 Å². The number of anilines is 1. The lowest BCUT2D eigenvalue weighted by Crippen LogP contribution is -2.36. The molecule has 0 aromatic heterocycles. The average Bonchev–Trinajstić information content (AvgIpc) is 2.63. The Morgan fingerprint density at radius 1 is 1.13 bits per heavy atom. The minimum absolute atomic E-state index is 0.0231. The predicted molar refractivity (Wildman–Crippen MR) is 93.0 cm³/mol. The van der Waals surface area contributed by atoms with E-state index in [-0.39, 0.29) is 5.91 Å². The first kappa shape index (κ1) is 16.1. The Morgan fingerprint density at radius 2 is 1.91 bits per heavy atom. The molecular formula is C19H26N2O2. The summed E-state index contributed by atoms with van der Waals surface area (Å²) in [5, 5.41) is 3.03. The van der Waals surface area contributed by atoms with E-state index >= 15 is 0 Å². The van der Waals surface area contributed by atoms with Gasteiger partial charge in [-0.05, 0) is 56.4 Å². The highest BCUT2D eigenvalue weighted by molar-refractivity contribution is 5.94. The fourth-order valence-electron chi connectivity index (χ4n) is 3.22. The summed E-state index contributed by atoms with van der Waals surface area (Å²) in [6.45, 7) is 4.12. The molecule has 23 heavy (non-hydrogen) atoms. The summed E-state index contributed by atoms with van der Waals surface area (Å²) in [4.78, 5) is 14.5. The molecule has 0 atom stereocenters. The zero-order valence-electron chi connectivity index (χ0n) is 13.7. The van der Waals surface area contributed by atoms with E-state index in [9.17, 15) is 4.79 Å². The first-order valence-corrected chi connectivity index (χ1v) is 8.72. The van der Waals surface area contributed by atoms with E-state index in [0.29, 0.717) is 0 Å². The van der Waals surface area contributed by atoms with Crippen molar-refractivity contribution >= 4 is 11.6 Å². The number of ether oxygens (including phenoxy) is 1. The Morgan fingerprint density at radius 3 is 2.61 bits per heavy atom. The molecule has 3 rings (SSSR count). The smallest absolute Gasteiger partial charge is 0.251 e. The summed E-state index contributed by atoms with van der Waals surface area (Å²) >= 11 is 0. The molecule has 0 saturated carbocycles. The molecule has 1 saturated heterocycles. The van der Waals surface area contributed by atoms with Gasteiger partial charge in [-0.2, -0.15) is 0 Å². The molecule has 1 amide bonds. The van der Waals surface area contributed by atoms with Crippen molar-refractivity contribution in [2.75, 3.05) is 37.7 Å². The highest BCUT2D eigenvalue weighted by Crippen LogP contribution is 2.20. The molecule has 0 spiro atoms. The van der Waals surface area contributed by atoms with Crippen LogP contribution in [0.5, 0.6) is 0 Å². The molecule has 4 heteroatoms. The largest absolute Gasteiger partial charge is 0.378 e. The van der Waals surface area contributed by atoms with Gasteiger partial charge < -0.3 is 15.0 Å². The second-order valence-corrected chi connectivity index (χ2v) is 6.26. The van der Waals surface area contributed by atoms with Gasteiger partial charge in [0.2, 0.25) is 0 Å². The highest BCUT2D eigenvalue weighted by Gasteiger charge is 2.12. The van der Waals surface area contributed by atoms with E-state index in [1.807, 2.05) is 24.3 Å². The van der Waals surface area contributed by atoms with Crippen molar-refractivity contribution < 1.29 is 9.53 Å². The molecule has 1 fully saturated rings. The molecule has 0 bridgehead atoms. The summed E-state index contributed by atoms with van der Waals surface area (Å²) in [6.07, 6.45) is 8.33. The van der Waals surface area contributed by atoms with Gasteiger partial charge in [-0.15, -0.1) is 0 Å². The third-order valence-electron chi connectivity index (χ3n) is 4.62. The van der Waals surface area contributed by atoms with E-state index < -0.39 is 0 Å². The number of amides is 1. The quantitative estimate of drug-likeness (QED) is 0.849. The Bertz CT molecular complexity index is 545. The van der Waals surface area contributed by atoms with Gasteiger partial charge in [-0.1, -0.05) is 11.6 Å². The second-order valence-electron chi connectivity index (χ2n) is 6.26. The van der Waals surface area contributed by atoms with Gasteiger partial charge in [0, 0.05) is 30.9 Å². The maximum absolute atomic E-state index is 12.2. The van der Waals surface area contributed by atoms with Crippen molar-refractivity contribution in [3.8, 4) is 0 Å². The minimum Gasteiger partial charge on any atom is -0.378 e. The zero-order chi connectivity index (χ0) is 15.9. The van der Waals surface area contributed by atoms with Gasteiger partial charge in [0.25, 0.3) is 5.91 Å². The van der Waals surface area contributed by atoms with Crippen LogP contribution in [0.25, 0.3) is 0 Å². The third kappa shape index (κ3) is 4.58. The number of allylic oxidation sites excluding steroid dienone is 1. The number of morpholine rings is 1. The molecule has 1 aromatic rings. The number of hydrogen-bond donors (Lipinski definition) is 1. The van der Waals surface area contributed by atoms with Crippen molar-refractivity contribution in [2.45, 2.75) is 32.1 Å². The van der Waals surface area contributed by atoms with Crippen LogP contribution in [0.15, 0.2) is 35.9 Å². The fraction of sp³-hybridized carbons (Fsp3) is 0.526. The van der Waals surface area contributed by atoms with E-state index in [4.69, 9.17) is 4.74 Å². The molecule has 0 unspecified atom stereocenters. The number of carbonyl (C=O) groups excluding carboxylic acids is 1. The summed E-state index contributed by atoms with van der Waals surface area (Å²) in [5.41, 5.74) is 3.40. The van der Waals surface area contributed by atoms with Gasteiger partial charge in [-0.3, -0.25) is 4.79 Å². The SMILES string of the molecule is O=C(NCCC1=CCCCC1)c1ccc(N2CCOCC2)cc1. The van der Waals surface area contributed by atoms with Gasteiger partial charge in [-0.25, -0.2) is 0 Å². The topological polar surface area (TPSA) is 41.6 Å². The van der Waals surface area contributed by atoms with Gasteiger partial charge in [0.05, 0.1) is 13.2 Å². The molecular weight excluding hydrogens is 288 g/mol. The summed E-state index contributed by atoms with van der Waals surface area (Å²) in [5.74, 6) is 0.0231. The number of hydrogen-bond acceptors (Lipinski definition) is 3. The molecule has 1 aliphatic heterocycles. The Balaban J connectivity index is 1.48. The van der Waals surface area contributed by atoms with Gasteiger partial charge in [0.1, 0.15) is 0 Å². The average molecular weight is 314 g/mol. The Kier molecular flexibility index (Phi) is 5.70. The maximum atomic E-state index is 12.2. The Labute approximate surface area is 138 Å². The summed E-state index contributed by atoms with van der Waals surface area (Å²) in [6, 6.07) is 7.90. The standard InChI is InChI=1S/C19H26N2O2/c22-19(20-11-10-16-4-2-1-3-5-16)17-6-8-18(9-7-17)21-12-14-23-15-13-21/h4,6-9H,1-3,5,10-15H2,(H,20,22). The molecule has 1 heterocycles. The molecule has 0 radical (unpaired) electrons. The van der Waals surface area contributed by atoms with Crippen LogP contribution in [0.4, 0.5) is 5.69 Å². The van der Waals surface area contributed by atoms with Crippen LogP contribution >= 0.6 is 0 Å². The number of carbonyl (C=O) groups is 1. The van der Waals surface area contributed by atoms with Crippen molar-refractivity contribution in [1.29, 1.82) is 0 Å². The van der Waals surface area contributed by atoms with Crippen molar-refractivity contribution in [3.63, 3.8) is 0 Å². The maximum Gasteiger partial charge on any atom is 0.251 e. The molecule has 1 aliphatic carbocycles. The summed E-state index contributed by atoms with van der Waals surface area (Å²) < 4.78 is 5.37. The van der Waals surface area contributed by atoms with E-state index in [1.54, 1.807) is 0 Å². The van der Waals surface area contributed by atoms with E-state index in [0.717, 1.165) is 50.5 Å². The minimum atomic E-state index is 0.0231. The number of nitrogens with zero attached hydrogens (tertiary/aromatic N) is 1. The number of rotatable bonds is 5. The second kappa shape index (κ2) is 8.16. The van der Waals surface area contributed by atoms with Gasteiger partial charge >= 0.3 is 0 Å². The Hall–Kier alpha value is -1.81. The highest BCUT2D eigenvalue weighted by atomic mass is 16.5. The van der Waals surface area contributed by atoms with E-state index in [2.05, 4.69) is 16.3 Å². The monoisotopic (exact) mass is 314 g/mol. The van der Waals surface area contributed by atoms with Crippen LogP contribution in [0.3, 0.4) is 0 Å². The van der Waals surface area contributed by atoms with Crippen molar-refractivity contribution in [1.82, 2.24) is 5.32 Å². The number of nitrogens with one attached hydrogen (secondary N) is 1. The van der Waals surface area contributed by atoms with Crippen LogP contribution in [-0.4, -0.2) is 38.8 Å². The van der Waals surface area contributed by atoms with Crippen LogP contribution < -0.4 is 10.2 Å². The lowest BCUT2D eigenvalue weighted by molar-refractivity contribution is 0.0954. The molecule has 1 N–H and O–H groups in total. The molecule has 2 aliphatic rings. The van der Waals surface area contributed by atoms with Crippen LogP contribution in [0.1, 0.15) is 42.5 Å². The number of benzene rings is 1. The lowest BCUT2D eigenvalue weighted by Gasteiger charge is -2.28. The predicted octanol–water partition coefficient (Wildman–Crippen LogP) is 3.14. The molecule has 4 nitrogen and oxygen atoms in total. The normalized spacial score (nSPS) is 18.4. The van der Waals surface area contributed by atoms with Crippen LogP contribution in [0, 0.1) is 0 Å². The first-order chi connectivity index (χ1) is 11.3. The van der Waals surface area contributed by atoms with Crippen molar-refractivity contribution in [2.24, 2.45) is 0 Å². The van der Waals surface area contributed by atoms with Crippen LogP contribution in [-0.2, 0) is 4.74 Å². The van der Waals surface area contributed by atoms with E-state index in [1.165, 1.54) is 31.3 Å². The molecule has 1 aromatic carbocycles. The van der Waals surface area contributed by atoms with Crippen LogP contribution in [0.2, 0.25) is 0 Å². The molecule has 124 valence electrons. The fourth-order valence-corrected chi connectivity index (χ4v) is 3.22. The summed E-state index contributed by atoms with van der Waals surface area (Å²) in [7, 11) is 0. The van der Waals surface area contributed by atoms with Crippen molar-refractivity contribution in [3.05, 3.63) is 41.5 Å². The zero-order valence-corrected chi connectivity index (χ0v) is 13.7. The lowest BCUT2D eigenvalue weighted by atomic mass is 9.97.